The summed E-state index contributed by atoms with van der Waals surface area (Å²) in [5.41, 5.74) is 7.55. The second kappa shape index (κ2) is 6.55. The van der Waals surface area contributed by atoms with Gasteiger partial charge >= 0.3 is 5.97 Å². The minimum atomic E-state index is -0.368. The van der Waals surface area contributed by atoms with Crippen molar-refractivity contribution in [3.63, 3.8) is 0 Å². The molecule has 0 atom stereocenters. The van der Waals surface area contributed by atoms with E-state index in [0.717, 1.165) is 0 Å². The average molecular weight is 276 g/mol. The molecule has 0 bridgehead atoms. The number of benzene rings is 1. The van der Waals surface area contributed by atoms with Gasteiger partial charge in [0.1, 0.15) is 0 Å². The maximum atomic E-state index is 11.6. The van der Waals surface area contributed by atoms with Gasteiger partial charge in [0.05, 0.1) is 23.5 Å². The SMILES string of the molecule is CCOC(=O)c1ccc(N)c(NCCc2ncno2)c1. The predicted molar refractivity (Wildman–Crippen MR) is 73.3 cm³/mol. The summed E-state index contributed by atoms with van der Waals surface area (Å²) in [4.78, 5) is 15.6. The van der Waals surface area contributed by atoms with E-state index in [1.807, 2.05) is 0 Å². The molecule has 1 aromatic carbocycles. The molecule has 0 aliphatic rings. The molecule has 0 aliphatic heterocycles. The molecule has 106 valence electrons. The summed E-state index contributed by atoms with van der Waals surface area (Å²) in [7, 11) is 0. The first-order valence-corrected chi connectivity index (χ1v) is 6.26. The number of carbonyl (C=O) groups is 1. The highest BCUT2D eigenvalue weighted by Gasteiger charge is 2.09. The Morgan fingerprint density at radius 1 is 1.50 bits per heavy atom. The molecule has 1 heterocycles. The maximum Gasteiger partial charge on any atom is 0.338 e. The van der Waals surface area contributed by atoms with E-state index in [0.29, 0.717) is 42.4 Å². The van der Waals surface area contributed by atoms with Gasteiger partial charge < -0.3 is 20.3 Å². The lowest BCUT2D eigenvalue weighted by Crippen LogP contribution is -2.10. The van der Waals surface area contributed by atoms with Crippen LogP contribution < -0.4 is 11.1 Å². The molecule has 0 amide bonds. The largest absolute Gasteiger partial charge is 0.462 e. The molecule has 7 nitrogen and oxygen atoms in total. The van der Waals surface area contributed by atoms with E-state index in [-0.39, 0.29) is 5.97 Å². The van der Waals surface area contributed by atoms with Crippen LogP contribution in [-0.2, 0) is 11.2 Å². The fourth-order valence-corrected chi connectivity index (χ4v) is 1.66. The number of ether oxygens (including phenoxy) is 1. The van der Waals surface area contributed by atoms with Crippen LogP contribution in [0.3, 0.4) is 0 Å². The van der Waals surface area contributed by atoms with Crippen LogP contribution in [0.4, 0.5) is 11.4 Å². The van der Waals surface area contributed by atoms with Crippen molar-refractivity contribution in [3.8, 4) is 0 Å². The summed E-state index contributed by atoms with van der Waals surface area (Å²) in [6.07, 6.45) is 1.92. The van der Waals surface area contributed by atoms with Crippen molar-refractivity contribution in [1.82, 2.24) is 10.1 Å². The van der Waals surface area contributed by atoms with Crippen molar-refractivity contribution in [1.29, 1.82) is 0 Å². The van der Waals surface area contributed by atoms with Gasteiger partial charge in [0.15, 0.2) is 6.33 Å². The smallest absolute Gasteiger partial charge is 0.338 e. The Morgan fingerprint density at radius 2 is 2.35 bits per heavy atom. The van der Waals surface area contributed by atoms with Crippen LogP contribution in [0, 0.1) is 0 Å². The van der Waals surface area contributed by atoms with Crippen molar-refractivity contribution >= 4 is 17.3 Å². The summed E-state index contributed by atoms with van der Waals surface area (Å²) in [5, 5.41) is 6.65. The van der Waals surface area contributed by atoms with E-state index >= 15 is 0 Å². The molecule has 2 aromatic rings. The predicted octanol–water partition coefficient (Wildman–Crippen LogP) is 1.48. The van der Waals surface area contributed by atoms with Gasteiger partial charge in [-0.05, 0) is 25.1 Å². The first-order chi connectivity index (χ1) is 9.70. The Hall–Kier alpha value is -2.57. The molecule has 0 radical (unpaired) electrons. The number of carbonyl (C=O) groups excluding carboxylic acids is 1. The Morgan fingerprint density at radius 3 is 3.05 bits per heavy atom. The van der Waals surface area contributed by atoms with Crippen molar-refractivity contribution < 1.29 is 14.1 Å². The minimum absolute atomic E-state index is 0.336. The van der Waals surface area contributed by atoms with Gasteiger partial charge in [-0.2, -0.15) is 4.98 Å². The summed E-state index contributed by atoms with van der Waals surface area (Å²) in [6, 6.07) is 4.97. The second-order valence-corrected chi connectivity index (χ2v) is 4.03. The van der Waals surface area contributed by atoms with Crippen LogP contribution >= 0.6 is 0 Å². The Labute approximate surface area is 116 Å². The monoisotopic (exact) mass is 276 g/mol. The first kappa shape index (κ1) is 13.9. The number of esters is 1. The van der Waals surface area contributed by atoms with E-state index in [4.69, 9.17) is 15.0 Å². The van der Waals surface area contributed by atoms with Gasteiger partial charge in [-0.15, -0.1) is 0 Å². The van der Waals surface area contributed by atoms with E-state index in [9.17, 15) is 4.79 Å². The molecular formula is C13H16N4O3. The van der Waals surface area contributed by atoms with Crippen molar-refractivity contribution in [3.05, 3.63) is 36.0 Å². The van der Waals surface area contributed by atoms with Gasteiger partial charge in [-0.1, -0.05) is 5.16 Å². The fraction of sp³-hybridized carbons (Fsp3) is 0.308. The quantitative estimate of drug-likeness (QED) is 0.608. The topological polar surface area (TPSA) is 103 Å². The van der Waals surface area contributed by atoms with Crippen molar-refractivity contribution in [2.75, 3.05) is 24.2 Å². The minimum Gasteiger partial charge on any atom is -0.462 e. The second-order valence-electron chi connectivity index (χ2n) is 4.03. The van der Waals surface area contributed by atoms with Crippen LogP contribution in [-0.4, -0.2) is 29.3 Å². The summed E-state index contributed by atoms with van der Waals surface area (Å²) >= 11 is 0. The lowest BCUT2D eigenvalue weighted by atomic mass is 10.1. The first-order valence-electron chi connectivity index (χ1n) is 6.26. The van der Waals surface area contributed by atoms with Crippen LogP contribution in [0.25, 0.3) is 0 Å². The van der Waals surface area contributed by atoms with E-state index < -0.39 is 0 Å². The molecule has 0 spiro atoms. The standard InChI is InChI=1S/C13H16N4O3/c1-2-19-13(18)9-3-4-10(14)11(7-9)15-6-5-12-16-8-17-20-12/h3-4,7-8,15H,2,5-6,14H2,1H3. The molecule has 0 fully saturated rings. The normalized spacial score (nSPS) is 10.2. The highest BCUT2D eigenvalue weighted by molar-refractivity contribution is 5.92. The lowest BCUT2D eigenvalue weighted by molar-refractivity contribution is 0.0526. The van der Waals surface area contributed by atoms with E-state index in [1.165, 1.54) is 6.33 Å². The summed E-state index contributed by atoms with van der Waals surface area (Å²) < 4.78 is 9.83. The molecule has 1 aromatic heterocycles. The van der Waals surface area contributed by atoms with Gasteiger partial charge in [0.25, 0.3) is 0 Å². The van der Waals surface area contributed by atoms with Crippen molar-refractivity contribution in [2.45, 2.75) is 13.3 Å². The summed E-state index contributed by atoms with van der Waals surface area (Å²) in [5.74, 6) is 0.171. The van der Waals surface area contributed by atoms with Gasteiger partial charge in [-0.25, -0.2) is 4.79 Å². The van der Waals surface area contributed by atoms with Crippen LogP contribution in [0.2, 0.25) is 0 Å². The Balaban J connectivity index is 1.99. The maximum absolute atomic E-state index is 11.6. The molecule has 7 heteroatoms. The number of anilines is 2. The highest BCUT2D eigenvalue weighted by atomic mass is 16.5. The zero-order chi connectivity index (χ0) is 14.4. The molecule has 0 saturated carbocycles. The van der Waals surface area contributed by atoms with Crippen LogP contribution in [0.5, 0.6) is 0 Å². The number of aromatic nitrogens is 2. The third kappa shape index (κ3) is 3.47. The number of nitrogens with zero attached hydrogens (tertiary/aromatic N) is 2. The number of nitrogen functional groups attached to an aromatic ring is 1. The lowest BCUT2D eigenvalue weighted by Gasteiger charge is -2.10. The van der Waals surface area contributed by atoms with Gasteiger partial charge in [0, 0.05) is 13.0 Å². The van der Waals surface area contributed by atoms with Crippen LogP contribution in [0.15, 0.2) is 29.0 Å². The number of nitrogens with two attached hydrogens (primary N) is 1. The van der Waals surface area contributed by atoms with E-state index in [2.05, 4.69) is 15.5 Å². The molecular weight excluding hydrogens is 260 g/mol. The Bertz CT molecular complexity index is 569. The molecule has 0 saturated heterocycles. The number of hydrogen-bond donors (Lipinski definition) is 2. The third-order valence-electron chi connectivity index (χ3n) is 2.63. The number of hydrogen-bond acceptors (Lipinski definition) is 7. The van der Waals surface area contributed by atoms with Crippen molar-refractivity contribution in [2.24, 2.45) is 0 Å². The fourth-order valence-electron chi connectivity index (χ4n) is 1.66. The van der Waals surface area contributed by atoms with E-state index in [1.54, 1.807) is 25.1 Å². The zero-order valence-corrected chi connectivity index (χ0v) is 11.1. The highest BCUT2D eigenvalue weighted by Crippen LogP contribution is 2.20. The molecule has 0 unspecified atom stereocenters. The van der Waals surface area contributed by atoms with Crippen LogP contribution in [0.1, 0.15) is 23.2 Å². The summed E-state index contributed by atoms with van der Waals surface area (Å²) in [6.45, 7) is 2.67. The zero-order valence-electron chi connectivity index (χ0n) is 11.1. The van der Waals surface area contributed by atoms with Gasteiger partial charge in [-0.3, -0.25) is 0 Å². The molecule has 2 rings (SSSR count). The molecule has 20 heavy (non-hydrogen) atoms. The third-order valence-corrected chi connectivity index (χ3v) is 2.63. The molecule has 0 aliphatic carbocycles. The number of rotatable bonds is 6. The number of nitrogens with one attached hydrogen (secondary N) is 1. The average Bonchev–Trinajstić information content (AvgIpc) is 2.94. The molecule has 3 N–H and O–H groups in total. The Kier molecular flexibility index (Phi) is 4.54. The van der Waals surface area contributed by atoms with Gasteiger partial charge in [0.2, 0.25) is 5.89 Å².